The molecule has 6 heteroatoms. The van der Waals surface area contributed by atoms with Crippen molar-refractivity contribution < 1.29 is 8.42 Å². The van der Waals surface area contributed by atoms with Crippen LogP contribution < -0.4 is 4.72 Å². The molecule has 0 amide bonds. The predicted octanol–water partition coefficient (Wildman–Crippen LogP) is -0.315. The van der Waals surface area contributed by atoms with E-state index in [-0.39, 0.29) is 12.5 Å². The first-order chi connectivity index (χ1) is 5.40. The normalized spacial score (nSPS) is 14.2. The monoisotopic (exact) mass is 191 g/mol. The van der Waals surface area contributed by atoms with Gasteiger partial charge in [0.15, 0.2) is 0 Å². The maximum absolute atomic E-state index is 11.1. The van der Waals surface area contributed by atoms with Gasteiger partial charge in [-0.15, -0.1) is 0 Å². The average Bonchev–Trinajstić information content (AvgIpc) is 1.85. The second kappa shape index (κ2) is 4.40. The molecule has 0 fully saturated rings. The third-order valence-electron chi connectivity index (χ3n) is 1.23. The summed E-state index contributed by atoms with van der Waals surface area (Å²) in [7, 11) is -0.523. The van der Waals surface area contributed by atoms with Crippen molar-refractivity contribution in [1.82, 2.24) is 9.03 Å². The summed E-state index contributed by atoms with van der Waals surface area (Å²) >= 11 is 0. The van der Waals surface area contributed by atoms with Crippen LogP contribution in [0.4, 0.5) is 0 Å². The van der Waals surface area contributed by atoms with Crippen molar-refractivity contribution in [2.45, 2.75) is 19.4 Å². The van der Waals surface area contributed by atoms with Crippen LogP contribution in [0.5, 0.6) is 0 Å². The molecule has 0 aliphatic carbocycles. The van der Waals surface area contributed by atoms with Crippen molar-refractivity contribution in [2.75, 3.05) is 14.1 Å². The van der Waals surface area contributed by atoms with Gasteiger partial charge in [0.25, 0.3) is 10.2 Å². The summed E-state index contributed by atoms with van der Waals surface area (Å²) in [4.78, 5) is 0. The molecule has 0 bridgehead atoms. The van der Waals surface area contributed by atoms with Gasteiger partial charge >= 0.3 is 0 Å². The molecule has 0 aromatic rings. The average molecular weight is 191 g/mol. The lowest BCUT2D eigenvalue weighted by molar-refractivity contribution is 0.492. The number of nitrogens with one attached hydrogen (secondary N) is 1. The van der Waals surface area contributed by atoms with Crippen LogP contribution in [0.3, 0.4) is 0 Å². The zero-order valence-electron chi connectivity index (χ0n) is 7.40. The van der Waals surface area contributed by atoms with E-state index in [0.717, 1.165) is 4.31 Å². The molecule has 5 nitrogen and oxygen atoms in total. The van der Waals surface area contributed by atoms with Gasteiger partial charge in [0.05, 0.1) is 12.5 Å². The molecule has 1 atom stereocenters. The number of rotatable bonds is 4. The molecule has 12 heavy (non-hydrogen) atoms. The van der Waals surface area contributed by atoms with E-state index in [0.29, 0.717) is 0 Å². The third kappa shape index (κ3) is 3.67. The maximum atomic E-state index is 11.1. The van der Waals surface area contributed by atoms with Crippen LogP contribution in [-0.4, -0.2) is 32.9 Å². The molecule has 1 N–H and O–H groups in total. The zero-order valence-corrected chi connectivity index (χ0v) is 8.22. The van der Waals surface area contributed by atoms with E-state index in [1.807, 2.05) is 6.07 Å². The maximum Gasteiger partial charge on any atom is 0.279 e. The van der Waals surface area contributed by atoms with Gasteiger partial charge in [-0.2, -0.15) is 22.7 Å². The molecule has 0 spiro atoms. The minimum absolute atomic E-state index is 0.174. The van der Waals surface area contributed by atoms with Gasteiger partial charge in [0, 0.05) is 20.1 Å². The lowest BCUT2D eigenvalue weighted by Gasteiger charge is -2.15. The summed E-state index contributed by atoms with van der Waals surface area (Å²) in [5, 5.41) is 8.27. The Bertz CT molecular complexity index is 265. The van der Waals surface area contributed by atoms with Gasteiger partial charge in [-0.1, -0.05) is 0 Å². The van der Waals surface area contributed by atoms with Crippen molar-refractivity contribution in [3.63, 3.8) is 0 Å². The molecular formula is C6H13N3O2S. The molecule has 0 heterocycles. The predicted molar refractivity (Wildman–Crippen MR) is 45.4 cm³/mol. The Morgan fingerprint density at radius 2 is 2.08 bits per heavy atom. The summed E-state index contributed by atoms with van der Waals surface area (Å²) in [6.45, 7) is 1.64. The Balaban J connectivity index is 4.19. The largest absolute Gasteiger partial charge is 0.279 e. The van der Waals surface area contributed by atoms with Crippen molar-refractivity contribution in [2.24, 2.45) is 0 Å². The van der Waals surface area contributed by atoms with E-state index in [1.54, 1.807) is 6.92 Å². The molecule has 0 radical (unpaired) electrons. The number of hydrogen-bond donors (Lipinski definition) is 1. The summed E-state index contributed by atoms with van der Waals surface area (Å²) in [6.07, 6.45) is 0.174. The van der Waals surface area contributed by atoms with E-state index in [4.69, 9.17) is 5.26 Å². The standard InChI is InChI=1S/C6H13N3O2S/c1-6(4-5-7)8-12(10,11)9(2)3/h6,8H,4H2,1-3H3. The summed E-state index contributed by atoms with van der Waals surface area (Å²) in [5.41, 5.74) is 0. The van der Waals surface area contributed by atoms with E-state index in [9.17, 15) is 8.42 Å². The van der Waals surface area contributed by atoms with Gasteiger partial charge < -0.3 is 0 Å². The van der Waals surface area contributed by atoms with E-state index >= 15 is 0 Å². The summed E-state index contributed by atoms with van der Waals surface area (Å²) in [6, 6.07) is 1.54. The molecular weight excluding hydrogens is 178 g/mol. The second-order valence-electron chi connectivity index (χ2n) is 2.67. The van der Waals surface area contributed by atoms with Crippen LogP contribution in [-0.2, 0) is 10.2 Å². The Hall–Kier alpha value is -0.640. The lowest BCUT2D eigenvalue weighted by Crippen LogP contribution is -2.40. The highest BCUT2D eigenvalue weighted by Crippen LogP contribution is 1.94. The Morgan fingerprint density at radius 1 is 1.58 bits per heavy atom. The van der Waals surface area contributed by atoms with E-state index in [2.05, 4.69) is 4.72 Å². The molecule has 1 unspecified atom stereocenters. The van der Waals surface area contributed by atoms with Crippen molar-refractivity contribution >= 4 is 10.2 Å². The van der Waals surface area contributed by atoms with Crippen LogP contribution in [0.15, 0.2) is 0 Å². The van der Waals surface area contributed by atoms with Gasteiger partial charge in [0.1, 0.15) is 0 Å². The van der Waals surface area contributed by atoms with E-state index in [1.165, 1.54) is 14.1 Å². The molecule has 0 aliphatic heterocycles. The topological polar surface area (TPSA) is 73.2 Å². The molecule has 0 aromatic carbocycles. The Morgan fingerprint density at radius 3 is 2.42 bits per heavy atom. The first-order valence-corrected chi connectivity index (χ1v) is 4.91. The molecule has 0 saturated heterocycles. The minimum atomic E-state index is -3.39. The number of nitrogens with zero attached hydrogens (tertiary/aromatic N) is 2. The van der Waals surface area contributed by atoms with Gasteiger partial charge in [-0.05, 0) is 6.92 Å². The SMILES string of the molecule is CC(CC#N)NS(=O)(=O)N(C)C. The second-order valence-corrected chi connectivity index (χ2v) is 4.58. The third-order valence-corrected chi connectivity index (χ3v) is 2.89. The van der Waals surface area contributed by atoms with Gasteiger partial charge in [-0.3, -0.25) is 0 Å². The molecule has 0 aromatic heterocycles. The molecule has 0 saturated carbocycles. The minimum Gasteiger partial charge on any atom is -0.198 e. The first kappa shape index (κ1) is 11.4. The fourth-order valence-electron chi connectivity index (χ4n) is 0.538. The van der Waals surface area contributed by atoms with Gasteiger partial charge in [-0.25, -0.2) is 0 Å². The van der Waals surface area contributed by atoms with Crippen molar-refractivity contribution in [1.29, 1.82) is 5.26 Å². The Kier molecular flexibility index (Phi) is 4.17. The summed E-state index contributed by atoms with van der Waals surface area (Å²) in [5.74, 6) is 0. The van der Waals surface area contributed by atoms with Crippen molar-refractivity contribution in [3.8, 4) is 6.07 Å². The van der Waals surface area contributed by atoms with Crippen LogP contribution >= 0.6 is 0 Å². The highest BCUT2D eigenvalue weighted by Gasteiger charge is 2.15. The highest BCUT2D eigenvalue weighted by molar-refractivity contribution is 7.87. The molecule has 0 rings (SSSR count). The first-order valence-electron chi connectivity index (χ1n) is 3.47. The van der Waals surface area contributed by atoms with Gasteiger partial charge in [0.2, 0.25) is 0 Å². The zero-order chi connectivity index (χ0) is 9.78. The summed E-state index contributed by atoms with van der Waals surface area (Å²) < 4.78 is 25.6. The lowest BCUT2D eigenvalue weighted by atomic mass is 10.3. The fraction of sp³-hybridized carbons (Fsp3) is 0.833. The van der Waals surface area contributed by atoms with Crippen molar-refractivity contribution in [3.05, 3.63) is 0 Å². The quantitative estimate of drug-likeness (QED) is 0.662. The Labute approximate surface area is 73.2 Å². The number of hydrogen-bond acceptors (Lipinski definition) is 3. The molecule has 0 aliphatic rings. The van der Waals surface area contributed by atoms with Crippen LogP contribution in [0.25, 0.3) is 0 Å². The highest BCUT2D eigenvalue weighted by atomic mass is 32.2. The molecule has 70 valence electrons. The smallest absolute Gasteiger partial charge is 0.198 e. The number of nitriles is 1. The van der Waals surface area contributed by atoms with Crippen LogP contribution in [0.2, 0.25) is 0 Å². The van der Waals surface area contributed by atoms with Crippen LogP contribution in [0, 0.1) is 11.3 Å². The van der Waals surface area contributed by atoms with Crippen LogP contribution in [0.1, 0.15) is 13.3 Å². The van der Waals surface area contributed by atoms with E-state index < -0.39 is 10.2 Å². The fourth-order valence-corrected chi connectivity index (χ4v) is 1.34.